The maximum absolute atomic E-state index is 16.1. The molecule has 2 amide bonds. The molecule has 4 heterocycles. The molecular weight excluding hydrogens is 601 g/mol. The van der Waals surface area contributed by atoms with E-state index >= 15 is 4.11 Å². The number of piperidine rings is 1. The van der Waals surface area contributed by atoms with Gasteiger partial charge in [-0.1, -0.05) is 35.9 Å². The van der Waals surface area contributed by atoms with Crippen molar-refractivity contribution in [3.05, 3.63) is 70.5 Å². The van der Waals surface area contributed by atoms with Crippen LogP contribution in [0.3, 0.4) is 0 Å². The van der Waals surface area contributed by atoms with E-state index in [1.165, 1.54) is 0 Å². The smallest absolute Gasteiger partial charge is 0.264 e. The molecule has 0 saturated carbocycles. The minimum atomic E-state index is -3.32. The summed E-state index contributed by atoms with van der Waals surface area (Å²) < 4.78 is 24.6. The van der Waals surface area contributed by atoms with Crippen LogP contribution in [0.1, 0.15) is 49.4 Å². The van der Waals surface area contributed by atoms with Gasteiger partial charge in [0.1, 0.15) is 0 Å². The molecular formula is C32H39ClFN5O4Si. The molecule has 1 spiro atoms. The zero-order valence-electron chi connectivity index (χ0n) is 25.4. The van der Waals surface area contributed by atoms with Crippen molar-refractivity contribution in [2.24, 2.45) is 5.92 Å². The van der Waals surface area contributed by atoms with Crippen molar-refractivity contribution in [1.82, 2.24) is 15.0 Å². The summed E-state index contributed by atoms with van der Waals surface area (Å²) in [4.78, 5) is 30.6. The number of ether oxygens (including phenoxy) is 1. The van der Waals surface area contributed by atoms with Crippen molar-refractivity contribution >= 4 is 43.2 Å². The number of hydrogen-bond acceptors (Lipinski definition) is 6. The summed E-state index contributed by atoms with van der Waals surface area (Å²) in [6, 6.07) is 13.2. The highest BCUT2D eigenvalue weighted by Crippen LogP contribution is 2.60. The Balaban J connectivity index is 1.29. The lowest BCUT2D eigenvalue weighted by atomic mass is 9.82. The van der Waals surface area contributed by atoms with Crippen LogP contribution in [0.4, 0.5) is 15.5 Å². The average Bonchev–Trinajstić information content (AvgIpc) is 3.63. The number of aromatic nitrogens is 3. The third kappa shape index (κ3) is 5.48. The Morgan fingerprint density at radius 3 is 2.64 bits per heavy atom. The molecule has 0 aliphatic carbocycles. The summed E-state index contributed by atoms with van der Waals surface area (Å²) in [6.07, 6.45) is 4.60. The Morgan fingerprint density at radius 2 is 1.93 bits per heavy atom. The SMILES string of the molecule is C[C@H]1[C@H]([Si](C)(C)F)[C@@H](CCn2cc(CCO)nn2)O[C@]12C(=O)N(Cc1ccc(N3CCCCC3=O)cc1)c1ccc(Cl)cc12. The van der Waals surface area contributed by atoms with Gasteiger partial charge < -0.3 is 23.8 Å². The Kier molecular flexibility index (Phi) is 8.42. The number of halogens is 2. The molecule has 3 aliphatic rings. The predicted octanol–water partition coefficient (Wildman–Crippen LogP) is 5.40. The van der Waals surface area contributed by atoms with Crippen molar-refractivity contribution < 1.29 is 23.5 Å². The molecule has 12 heteroatoms. The molecule has 0 unspecified atom stereocenters. The lowest BCUT2D eigenvalue weighted by Crippen LogP contribution is -2.45. The second-order valence-electron chi connectivity index (χ2n) is 12.7. The van der Waals surface area contributed by atoms with Crippen LogP contribution >= 0.6 is 11.6 Å². The van der Waals surface area contributed by atoms with E-state index in [1.807, 2.05) is 42.2 Å². The minimum Gasteiger partial charge on any atom is -0.396 e. The first-order chi connectivity index (χ1) is 21.0. The molecule has 234 valence electrons. The van der Waals surface area contributed by atoms with Gasteiger partial charge in [0.15, 0.2) is 5.60 Å². The quantitative estimate of drug-likeness (QED) is 0.249. The van der Waals surface area contributed by atoms with Crippen molar-refractivity contribution in [2.75, 3.05) is 23.0 Å². The molecule has 3 aromatic rings. The van der Waals surface area contributed by atoms with E-state index in [0.29, 0.717) is 60.9 Å². The van der Waals surface area contributed by atoms with Crippen LogP contribution in [0.5, 0.6) is 0 Å². The lowest BCUT2D eigenvalue weighted by molar-refractivity contribution is -0.146. The summed E-state index contributed by atoms with van der Waals surface area (Å²) in [7, 11) is -3.32. The van der Waals surface area contributed by atoms with E-state index in [2.05, 4.69) is 10.3 Å². The van der Waals surface area contributed by atoms with Crippen LogP contribution in [-0.2, 0) is 39.4 Å². The summed E-state index contributed by atoms with van der Waals surface area (Å²) in [5, 5.41) is 18.0. The highest BCUT2D eigenvalue weighted by molar-refractivity contribution is 6.72. The molecule has 9 nitrogen and oxygen atoms in total. The zero-order chi connectivity index (χ0) is 31.2. The predicted molar refractivity (Wildman–Crippen MR) is 169 cm³/mol. The maximum atomic E-state index is 16.1. The van der Waals surface area contributed by atoms with Gasteiger partial charge in [0.05, 0.1) is 24.0 Å². The van der Waals surface area contributed by atoms with E-state index in [9.17, 15) is 14.7 Å². The summed E-state index contributed by atoms with van der Waals surface area (Å²) in [5.41, 5.74) is 2.03. The minimum absolute atomic E-state index is 0.0168. The number of benzene rings is 2. The number of amides is 2. The van der Waals surface area contributed by atoms with Gasteiger partial charge in [0, 0.05) is 66.5 Å². The zero-order valence-corrected chi connectivity index (χ0v) is 27.1. The highest BCUT2D eigenvalue weighted by Gasteiger charge is 2.66. The normalized spacial score (nSPS) is 25.4. The highest BCUT2D eigenvalue weighted by atomic mass is 35.5. The second-order valence-corrected chi connectivity index (χ2v) is 17.0. The molecule has 1 aromatic heterocycles. The molecule has 44 heavy (non-hydrogen) atoms. The van der Waals surface area contributed by atoms with Crippen LogP contribution in [0, 0.1) is 5.92 Å². The van der Waals surface area contributed by atoms with Gasteiger partial charge in [-0.05, 0) is 68.3 Å². The fourth-order valence-electron chi connectivity index (χ4n) is 7.43. The maximum Gasteiger partial charge on any atom is 0.264 e. The summed E-state index contributed by atoms with van der Waals surface area (Å²) >= 11 is 6.50. The molecule has 4 atom stereocenters. The number of fused-ring (bicyclic) bond motifs is 2. The fourth-order valence-corrected chi connectivity index (χ4v) is 10.1. The number of aryl methyl sites for hydroxylation is 1. The molecule has 1 N–H and O–H groups in total. The Hall–Kier alpha value is -3.12. The monoisotopic (exact) mass is 639 g/mol. The lowest BCUT2D eigenvalue weighted by Gasteiger charge is -2.31. The van der Waals surface area contributed by atoms with Crippen LogP contribution in [0.2, 0.25) is 23.7 Å². The van der Waals surface area contributed by atoms with E-state index in [4.69, 9.17) is 16.3 Å². The number of carbonyl (C=O) groups is 2. The number of anilines is 2. The molecule has 6 rings (SSSR count). The number of rotatable bonds is 9. The molecule has 0 radical (unpaired) electrons. The van der Waals surface area contributed by atoms with Crippen LogP contribution in [0.15, 0.2) is 48.7 Å². The number of nitrogens with zero attached hydrogens (tertiary/aromatic N) is 5. The number of aliphatic hydroxyl groups excluding tert-OH is 1. The first-order valence-corrected chi connectivity index (χ1v) is 18.7. The first-order valence-electron chi connectivity index (χ1n) is 15.4. The van der Waals surface area contributed by atoms with Crippen molar-refractivity contribution in [3.63, 3.8) is 0 Å². The van der Waals surface area contributed by atoms with Crippen molar-refractivity contribution in [3.8, 4) is 0 Å². The number of hydrogen-bond donors (Lipinski definition) is 1. The average molecular weight is 640 g/mol. The Bertz CT molecular complexity index is 1550. The fraction of sp³-hybridized carbons (Fsp3) is 0.500. The molecule has 2 saturated heterocycles. The molecule has 2 fully saturated rings. The van der Waals surface area contributed by atoms with E-state index in [1.54, 1.807) is 41.0 Å². The van der Waals surface area contributed by atoms with Gasteiger partial charge in [-0.15, -0.1) is 5.10 Å². The third-order valence-electron chi connectivity index (χ3n) is 9.43. The van der Waals surface area contributed by atoms with Crippen LogP contribution in [0.25, 0.3) is 0 Å². The standard InChI is InChI=1S/C32H39ClFN5O4Si/c1-21-30(44(2,3)34)28(13-16-37-20-24(14-17-40)35-36-37)43-32(21)26-18-23(33)9-12-27(26)39(31(32)42)19-22-7-10-25(11-8-22)38-15-5-4-6-29(38)41/h7-12,18,20-21,28,30,40H,4-6,13-17,19H2,1-3H3/t21-,28+,30-,32+/m0/s1. The van der Waals surface area contributed by atoms with E-state index < -0.39 is 31.6 Å². The van der Waals surface area contributed by atoms with Gasteiger partial charge in [0.2, 0.25) is 14.3 Å². The summed E-state index contributed by atoms with van der Waals surface area (Å²) in [6.45, 7) is 6.75. The largest absolute Gasteiger partial charge is 0.396 e. The number of aliphatic hydroxyl groups is 1. The van der Waals surface area contributed by atoms with Gasteiger partial charge in [-0.2, -0.15) is 0 Å². The molecule has 3 aliphatic heterocycles. The molecule has 2 aromatic carbocycles. The topological polar surface area (TPSA) is 101 Å². The van der Waals surface area contributed by atoms with Gasteiger partial charge in [-0.3, -0.25) is 14.3 Å². The summed E-state index contributed by atoms with van der Waals surface area (Å²) in [5.74, 6) is -0.506. The van der Waals surface area contributed by atoms with Gasteiger partial charge in [-0.25, -0.2) is 0 Å². The Morgan fingerprint density at radius 1 is 1.16 bits per heavy atom. The Labute approximate surface area is 263 Å². The number of carbonyl (C=O) groups excluding carboxylic acids is 2. The third-order valence-corrected chi connectivity index (χ3v) is 12.1. The van der Waals surface area contributed by atoms with E-state index in [0.717, 1.165) is 24.1 Å². The van der Waals surface area contributed by atoms with Gasteiger partial charge >= 0.3 is 0 Å². The van der Waals surface area contributed by atoms with Crippen molar-refractivity contribution in [1.29, 1.82) is 0 Å². The molecule has 0 bridgehead atoms. The van der Waals surface area contributed by atoms with E-state index in [-0.39, 0.29) is 18.4 Å². The van der Waals surface area contributed by atoms with Crippen LogP contribution in [-0.4, -0.2) is 59.6 Å². The second kappa shape index (κ2) is 12.0. The van der Waals surface area contributed by atoms with Crippen LogP contribution < -0.4 is 9.80 Å². The van der Waals surface area contributed by atoms with Crippen molar-refractivity contribution in [2.45, 2.75) is 82.5 Å². The van der Waals surface area contributed by atoms with Gasteiger partial charge in [0.25, 0.3) is 5.91 Å². The first kappa shape index (κ1) is 30.9.